The van der Waals surface area contributed by atoms with Crippen molar-refractivity contribution in [2.75, 3.05) is 13.7 Å². The third-order valence-corrected chi connectivity index (χ3v) is 3.41. The van der Waals surface area contributed by atoms with Crippen LogP contribution in [0.15, 0.2) is 24.3 Å². The minimum absolute atomic E-state index is 0.513. The van der Waals surface area contributed by atoms with Gasteiger partial charge in [0.2, 0.25) is 0 Å². The molecule has 0 spiro atoms. The van der Waals surface area contributed by atoms with Crippen molar-refractivity contribution in [1.29, 1.82) is 5.26 Å². The van der Waals surface area contributed by atoms with E-state index in [9.17, 15) is 0 Å². The molecule has 0 bridgehead atoms. The van der Waals surface area contributed by atoms with Gasteiger partial charge in [-0.3, -0.25) is 0 Å². The highest BCUT2D eigenvalue weighted by Crippen LogP contribution is 2.15. The Bertz CT molecular complexity index is 408. The topological polar surface area (TPSA) is 45.0 Å². The lowest BCUT2D eigenvalue weighted by atomic mass is 10.0. The van der Waals surface area contributed by atoms with E-state index in [1.54, 1.807) is 7.05 Å². The van der Waals surface area contributed by atoms with Gasteiger partial charge in [-0.2, -0.15) is 5.26 Å². The molecular weight excluding hydrogens is 236 g/mol. The van der Waals surface area contributed by atoms with Crippen LogP contribution in [0.1, 0.15) is 38.7 Å². The number of nitrogens with one attached hydrogen (secondary N) is 1. The van der Waals surface area contributed by atoms with E-state index in [0.29, 0.717) is 13.0 Å². The standard InChI is InChI=1S/C16H24N2O/c1-4-5-6-14-7-9-15(10-8-14)19-12-11-16(2,13-17)18-3/h7-10,18H,4-6,11-12H2,1-3H3. The minimum Gasteiger partial charge on any atom is -0.493 e. The summed E-state index contributed by atoms with van der Waals surface area (Å²) in [5.41, 5.74) is 0.840. The van der Waals surface area contributed by atoms with Gasteiger partial charge in [-0.05, 0) is 44.5 Å². The van der Waals surface area contributed by atoms with Crippen LogP contribution in [0.3, 0.4) is 0 Å². The molecule has 19 heavy (non-hydrogen) atoms. The van der Waals surface area contributed by atoms with Crippen LogP contribution in [-0.4, -0.2) is 19.2 Å². The summed E-state index contributed by atoms with van der Waals surface area (Å²) in [4.78, 5) is 0. The maximum atomic E-state index is 9.03. The number of nitriles is 1. The number of rotatable bonds is 8. The van der Waals surface area contributed by atoms with Crippen molar-refractivity contribution >= 4 is 0 Å². The van der Waals surface area contributed by atoms with E-state index in [2.05, 4.69) is 30.4 Å². The van der Waals surface area contributed by atoms with E-state index in [0.717, 1.165) is 12.2 Å². The highest BCUT2D eigenvalue weighted by Gasteiger charge is 2.20. The van der Waals surface area contributed by atoms with E-state index in [1.807, 2.05) is 19.1 Å². The maximum Gasteiger partial charge on any atom is 0.119 e. The first-order chi connectivity index (χ1) is 9.13. The predicted molar refractivity (Wildman–Crippen MR) is 78.2 cm³/mol. The van der Waals surface area contributed by atoms with Crippen molar-refractivity contribution in [1.82, 2.24) is 5.32 Å². The molecule has 0 aliphatic rings. The normalized spacial score (nSPS) is 13.6. The molecule has 3 heteroatoms. The average molecular weight is 260 g/mol. The Morgan fingerprint density at radius 2 is 2.00 bits per heavy atom. The number of nitrogens with zero attached hydrogens (tertiary/aromatic N) is 1. The second kappa shape index (κ2) is 7.81. The first-order valence-corrected chi connectivity index (χ1v) is 6.95. The molecular formula is C16H24N2O. The van der Waals surface area contributed by atoms with Gasteiger partial charge in [0.25, 0.3) is 0 Å². The van der Waals surface area contributed by atoms with Gasteiger partial charge >= 0.3 is 0 Å². The van der Waals surface area contributed by atoms with Gasteiger partial charge in [-0.15, -0.1) is 0 Å². The fourth-order valence-corrected chi connectivity index (χ4v) is 1.74. The van der Waals surface area contributed by atoms with Crippen LogP contribution in [0.5, 0.6) is 5.75 Å². The molecule has 3 nitrogen and oxygen atoms in total. The van der Waals surface area contributed by atoms with Crippen molar-refractivity contribution < 1.29 is 4.74 Å². The summed E-state index contributed by atoms with van der Waals surface area (Å²) in [6.45, 7) is 4.62. The van der Waals surface area contributed by atoms with E-state index >= 15 is 0 Å². The second-order valence-corrected chi connectivity index (χ2v) is 5.04. The summed E-state index contributed by atoms with van der Waals surface area (Å²) in [6.07, 6.45) is 4.23. The fourth-order valence-electron chi connectivity index (χ4n) is 1.74. The highest BCUT2D eigenvalue weighted by atomic mass is 16.5. The minimum atomic E-state index is -0.513. The molecule has 1 aromatic rings. The lowest BCUT2D eigenvalue weighted by Gasteiger charge is -2.20. The van der Waals surface area contributed by atoms with Gasteiger partial charge in [0.15, 0.2) is 0 Å². The zero-order chi connectivity index (χ0) is 14.1. The average Bonchev–Trinajstić information content (AvgIpc) is 2.46. The summed E-state index contributed by atoms with van der Waals surface area (Å²) in [7, 11) is 1.80. The molecule has 0 aliphatic heterocycles. The molecule has 0 radical (unpaired) electrons. The van der Waals surface area contributed by atoms with Crippen LogP contribution in [0.4, 0.5) is 0 Å². The van der Waals surface area contributed by atoms with Gasteiger partial charge in [-0.1, -0.05) is 25.5 Å². The predicted octanol–water partition coefficient (Wildman–Crippen LogP) is 3.30. The Labute approximate surface area is 116 Å². The quantitative estimate of drug-likeness (QED) is 0.780. The van der Waals surface area contributed by atoms with Crippen LogP contribution in [0.25, 0.3) is 0 Å². The van der Waals surface area contributed by atoms with Gasteiger partial charge < -0.3 is 10.1 Å². The Balaban J connectivity index is 2.40. The van der Waals surface area contributed by atoms with Gasteiger partial charge in [0.05, 0.1) is 12.7 Å². The number of benzene rings is 1. The van der Waals surface area contributed by atoms with Crippen molar-refractivity contribution in [2.45, 2.75) is 45.1 Å². The van der Waals surface area contributed by atoms with Crippen LogP contribution < -0.4 is 10.1 Å². The van der Waals surface area contributed by atoms with Crippen molar-refractivity contribution in [2.24, 2.45) is 0 Å². The molecule has 1 N–H and O–H groups in total. The lowest BCUT2D eigenvalue weighted by molar-refractivity contribution is 0.273. The van der Waals surface area contributed by atoms with Crippen LogP contribution in [0.2, 0.25) is 0 Å². The SMILES string of the molecule is CCCCc1ccc(OCCC(C)(C#N)NC)cc1. The largest absolute Gasteiger partial charge is 0.493 e. The van der Waals surface area contributed by atoms with Crippen molar-refractivity contribution in [3.05, 3.63) is 29.8 Å². The number of hydrogen-bond acceptors (Lipinski definition) is 3. The van der Waals surface area contributed by atoms with E-state index in [1.165, 1.54) is 18.4 Å². The summed E-state index contributed by atoms with van der Waals surface area (Å²) >= 11 is 0. The van der Waals surface area contributed by atoms with Gasteiger partial charge in [0, 0.05) is 6.42 Å². The molecule has 1 aromatic carbocycles. The van der Waals surface area contributed by atoms with E-state index < -0.39 is 5.54 Å². The molecule has 0 saturated carbocycles. The summed E-state index contributed by atoms with van der Waals surface area (Å²) in [5, 5.41) is 12.0. The number of hydrogen-bond donors (Lipinski definition) is 1. The molecule has 0 aliphatic carbocycles. The summed E-state index contributed by atoms with van der Waals surface area (Å²) < 4.78 is 5.67. The molecule has 1 atom stereocenters. The monoisotopic (exact) mass is 260 g/mol. The fraction of sp³-hybridized carbons (Fsp3) is 0.562. The molecule has 1 rings (SSSR count). The van der Waals surface area contributed by atoms with Crippen LogP contribution >= 0.6 is 0 Å². The zero-order valence-electron chi connectivity index (χ0n) is 12.2. The summed E-state index contributed by atoms with van der Waals surface area (Å²) in [5.74, 6) is 0.872. The van der Waals surface area contributed by atoms with Crippen molar-refractivity contribution in [3.8, 4) is 11.8 Å². The Morgan fingerprint density at radius 1 is 1.32 bits per heavy atom. The van der Waals surface area contributed by atoms with E-state index in [-0.39, 0.29) is 0 Å². The highest BCUT2D eigenvalue weighted by molar-refractivity contribution is 5.27. The second-order valence-electron chi connectivity index (χ2n) is 5.04. The molecule has 0 fully saturated rings. The number of unbranched alkanes of at least 4 members (excludes halogenated alkanes) is 1. The maximum absolute atomic E-state index is 9.03. The molecule has 0 amide bonds. The van der Waals surface area contributed by atoms with Crippen LogP contribution in [0, 0.1) is 11.3 Å². The third-order valence-electron chi connectivity index (χ3n) is 3.41. The smallest absolute Gasteiger partial charge is 0.119 e. The molecule has 104 valence electrons. The summed E-state index contributed by atoms with van der Waals surface area (Å²) in [6, 6.07) is 10.5. The van der Waals surface area contributed by atoms with Crippen LogP contribution in [-0.2, 0) is 6.42 Å². The van der Waals surface area contributed by atoms with E-state index in [4.69, 9.17) is 10.00 Å². The first kappa shape index (κ1) is 15.5. The molecule has 0 aromatic heterocycles. The lowest BCUT2D eigenvalue weighted by Crippen LogP contribution is -2.39. The molecule has 0 saturated heterocycles. The Morgan fingerprint density at radius 3 is 2.53 bits per heavy atom. The number of ether oxygens (including phenoxy) is 1. The van der Waals surface area contributed by atoms with Gasteiger partial charge in [0.1, 0.15) is 11.3 Å². The first-order valence-electron chi connectivity index (χ1n) is 6.95. The third kappa shape index (κ3) is 5.32. The Hall–Kier alpha value is -1.53. The van der Waals surface area contributed by atoms with Crippen molar-refractivity contribution in [3.63, 3.8) is 0 Å². The number of aryl methyl sites for hydroxylation is 1. The van der Waals surface area contributed by atoms with Gasteiger partial charge in [-0.25, -0.2) is 0 Å². The molecule has 1 unspecified atom stereocenters. The molecule has 0 heterocycles. The Kier molecular flexibility index (Phi) is 6.38. The zero-order valence-corrected chi connectivity index (χ0v) is 12.2.